The minimum absolute atomic E-state index is 0.153. The van der Waals surface area contributed by atoms with Gasteiger partial charge in [-0.1, -0.05) is 107 Å². The molecule has 0 aliphatic carbocycles. The van der Waals surface area contributed by atoms with Crippen molar-refractivity contribution in [3.63, 3.8) is 0 Å². The van der Waals surface area contributed by atoms with E-state index in [-0.39, 0.29) is 5.41 Å². The molecule has 3 heterocycles. The monoisotopic (exact) mass is 592 g/mol. The van der Waals surface area contributed by atoms with Gasteiger partial charge in [0.05, 0.1) is 11.7 Å². The molecule has 0 saturated carbocycles. The molecule has 2 nitrogen and oxygen atoms in total. The lowest BCUT2D eigenvalue weighted by Gasteiger charge is -2.25. The topological polar surface area (TPSA) is 25.8 Å². The van der Waals surface area contributed by atoms with Crippen LogP contribution in [-0.2, 0) is 5.41 Å². The summed E-state index contributed by atoms with van der Waals surface area (Å²) in [6.07, 6.45) is 3.35. The highest BCUT2D eigenvalue weighted by Gasteiger charge is 2.28. The summed E-state index contributed by atoms with van der Waals surface area (Å²) in [5, 5.41) is 0. The third-order valence-corrected chi connectivity index (χ3v) is 12.2. The van der Waals surface area contributed by atoms with Crippen molar-refractivity contribution in [3.8, 4) is 43.1 Å². The van der Waals surface area contributed by atoms with Gasteiger partial charge < -0.3 is 0 Å². The Morgan fingerprint density at radius 2 is 1.17 bits per heavy atom. The van der Waals surface area contributed by atoms with E-state index < -0.39 is 0 Å². The summed E-state index contributed by atoms with van der Waals surface area (Å²) in [5.74, 6) is 0.518. The lowest BCUT2D eigenvalue weighted by atomic mass is 9.82. The van der Waals surface area contributed by atoms with Crippen LogP contribution in [0.15, 0.2) is 84.9 Å². The van der Waals surface area contributed by atoms with Crippen LogP contribution >= 0.6 is 34.4 Å². The van der Waals surface area contributed by atoms with E-state index in [0.29, 0.717) is 5.92 Å². The van der Waals surface area contributed by atoms with Crippen molar-refractivity contribution in [2.75, 3.05) is 0 Å². The maximum absolute atomic E-state index is 4.93. The van der Waals surface area contributed by atoms with E-state index in [0.717, 1.165) is 30.3 Å². The summed E-state index contributed by atoms with van der Waals surface area (Å²) < 4.78 is 9.85. The van der Waals surface area contributed by atoms with Crippen molar-refractivity contribution in [1.29, 1.82) is 0 Å². The molecular weight excluding hydrogens is 557 g/mol. The van der Waals surface area contributed by atoms with Gasteiger partial charge in [-0.25, -0.2) is 0 Å². The number of thiophene rings is 2. The minimum Gasteiger partial charge on any atom is -0.172 e. The van der Waals surface area contributed by atoms with Crippen molar-refractivity contribution in [3.05, 3.63) is 94.7 Å². The van der Waals surface area contributed by atoms with Gasteiger partial charge in [0.2, 0.25) is 0 Å². The number of hydrogen-bond acceptors (Lipinski definition) is 5. The Balaban J connectivity index is 1.56. The zero-order valence-electron chi connectivity index (χ0n) is 24.4. The number of hydrogen-bond donors (Lipinski definition) is 0. The van der Waals surface area contributed by atoms with Crippen molar-refractivity contribution < 1.29 is 0 Å². The van der Waals surface area contributed by atoms with Crippen LogP contribution in [0.5, 0.6) is 0 Å². The zero-order chi connectivity index (χ0) is 28.6. The number of benzene rings is 3. The smallest absolute Gasteiger partial charge is 0.114 e. The molecule has 0 N–H and O–H groups in total. The molecule has 3 aromatic heterocycles. The predicted octanol–water partition coefficient (Wildman–Crippen LogP) is 12.1. The van der Waals surface area contributed by atoms with E-state index in [1.54, 1.807) is 0 Å². The van der Waals surface area contributed by atoms with E-state index in [9.17, 15) is 0 Å². The summed E-state index contributed by atoms with van der Waals surface area (Å²) >= 11 is 5.17. The third-order valence-electron chi connectivity index (χ3n) is 8.81. The molecule has 3 aromatic carbocycles. The van der Waals surface area contributed by atoms with Crippen LogP contribution in [0.25, 0.3) is 54.2 Å². The number of aromatic nitrogens is 2. The molecule has 0 bridgehead atoms. The SMILES string of the molecule is CCC(C)c1cc(-c2ccccc2)c(-c2ccc(-c3sc(C(C)(CC)CC)cc3-c3ccccc3)c3nsnc23)s1. The van der Waals surface area contributed by atoms with Crippen LogP contribution in [0, 0.1) is 0 Å². The average molecular weight is 593 g/mol. The van der Waals surface area contributed by atoms with Crippen LogP contribution in [0.3, 0.4) is 0 Å². The van der Waals surface area contributed by atoms with Crippen LogP contribution in [-0.4, -0.2) is 8.75 Å². The molecule has 0 amide bonds. The molecule has 5 heteroatoms. The van der Waals surface area contributed by atoms with Gasteiger partial charge in [0, 0.05) is 47.2 Å². The average Bonchev–Trinajstić information content (AvgIpc) is 3.80. The standard InChI is InChI=1S/C36H36N2S3/c1-6-23(4)30-21-28(24-15-11-9-12-16-24)34(39-30)26-19-20-27(33-32(26)37-41-38-33)35-29(25-17-13-10-14-18-25)22-31(40-35)36(5,7-2)8-3/h9-23H,6-8H2,1-5H3. The van der Waals surface area contributed by atoms with Gasteiger partial charge >= 0.3 is 0 Å². The molecule has 6 aromatic rings. The fourth-order valence-corrected chi connectivity index (χ4v) is 8.85. The second kappa shape index (κ2) is 11.6. The second-order valence-electron chi connectivity index (χ2n) is 11.2. The highest BCUT2D eigenvalue weighted by molar-refractivity contribution is 7.17. The molecule has 0 aliphatic rings. The molecule has 0 spiro atoms. The Bertz CT molecular complexity index is 1770. The summed E-state index contributed by atoms with van der Waals surface area (Å²) in [6.45, 7) is 11.6. The van der Waals surface area contributed by atoms with Crippen LogP contribution in [0.2, 0.25) is 0 Å². The van der Waals surface area contributed by atoms with Gasteiger partial charge in [0.15, 0.2) is 0 Å². The summed E-state index contributed by atoms with van der Waals surface area (Å²) in [4.78, 5) is 5.45. The first kappa shape index (κ1) is 28.0. The van der Waals surface area contributed by atoms with Gasteiger partial charge in [-0.05, 0) is 48.4 Å². The van der Waals surface area contributed by atoms with Crippen molar-refractivity contribution in [2.24, 2.45) is 0 Å². The van der Waals surface area contributed by atoms with E-state index in [1.807, 2.05) is 22.7 Å². The van der Waals surface area contributed by atoms with Crippen LogP contribution < -0.4 is 0 Å². The second-order valence-corrected chi connectivity index (χ2v) is 13.8. The summed E-state index contributed by atoms with van der Waals surface area (Å²) in [6, 6.07) is 31.0. The number of rotatable bonds is 9. The van der Waals surface area contributed by atoms with Crippen molar-refractivity contribution >= 4 is 45.4 Å². The van der Waals surface area contributed by atoms with Gasteiger partial charge in [-0.2, -0.15) is 8.75 Å². The molecule has 1 atom stereocenters. The molecular formula is C36H36N2S3. The molecule has 208 valence electrons. The summed E-state index contributed by atoms with van der Waals surface area (Å²) in [7, 11) is 0. The van der Waals surface area contributed by atoms with Crippen LogP contribution in [0.4, 0.5) is 0 Å². The van der Waals surface area contributed by atoms with E-state index in [2.05, 4.69) is 120 Å². The Morgan fingerprint density at radius 3 is 1.68 bits per heavy atom. The molecule has 6 rings (SSSR count). The lowest BCUT2D eigenvalue weighted by Crippen LogP contribution is -2.17. The fraction of sp³-hybridized carbons (Fsp3) is 0.278. The molecule has 1 unspecified atom stereocenters. The Kier molecular flexibility index (Phi) is 7.95. The maximum atomic E-state index is 4.93. The lowest BCUT2D eigenvalue weighted by molar-refractivity contribution is 0.448. The zero-order valence-corrected chi connectivity index (χ0v) is 26.9. The molecule has 0 fully saturated rings. The van der Waals surface area contributed by atoms with Crippen molar-refractivity contribution in [2.45, 2.75) is 65.2 Å². The van der Waals surface area contributed by atoms with Gasteiger partial charge in [-0.15, -0.1) is 22.7 Å². The molecule has 0 aliphatic heterocycles. The van der Waals surface area contributed by atoms with Gasteiger partial charge in [0.1, 0.15) is 11.0 Å². The highest BCUT2D eigenvalue weighted by atomic mass is 32.1. The predicted molar refractivity (Wildman–Crippen MR) is 182 cm³/mol. The van der Waals surface area contributed by atoms with E-state index in [1.165, 1.54) is 64.6 Å². The number of nitrogens with zero attached hydrogens (tertiary/aromatic N) is 2. The third kappa shape index (κ3) is 5.09. The van der Waals surface area contributed by atoms with Crippen molar-refractivity contribution in [1.82, 2.24) is 8.75 Å². The Morgan fingerprint density at radius 1 is 0.659 bits per heavy atom. The largest absolute Gasteiger partial charge is 0.172 e. The Hall–Kier alpha value is -3.12. The fourth-order valence-electron chi connectivity index (χ4n) is 5.44. The van der Waals surface area contributed by atoms with E-state index >= 15 is 0 Å². The van der Waals surface area contributed by atoms with E-state index in [4.69, 9.17) is 8.75 Å². The first-order valence-corrected chi connectivity index (χ1v) is 17.0. The molecule has 0 saturated heterocycles. The van der Waals surface area contributed by atoms with Gasteiger partial charge in [0.25, 0.3) is 0 Å². The highest BCUT2D eigenvalue weighted by Crippen LogP contribution is 2.49. The summed E-state index contributed by atoms with van der Waals surface area (Å²) in [5.41, 5.74) is 9.61. The molecule has 0 radical (unpaired) electrons. The normalized spacial score (nSPS) is 12.7. The van der Waals surface area contributed by atoms with Crippen LogP contribution in [0.1, 0.15) is 69.6 Å². The number of fused-ring (bicyclic) bond motifs is 1. The first-order chi connectivity index (χ1) is 20.0. The quantitative estimate of drug-likeness (QED) is 0.167. The Labute approximate surface area is 256 Å². The van der Waals surface area contributed by atoms with Gasteiger partial charge in [-0.3, -0.25) is 0 Å². The minimum atomic E-state index is 0.153. The first-order valence-electron chi connectivity index (χ1n) is 14.6. The molecule has 41 heavy (non-hydrogen) atoms. The maximum Gasteiger partial charge on any atom is 0.114 e.